The van der Waals surface area contributed by atoms with Crippen LogP contribution in [0.4, 0.5) is 13.2 Å². The summed E-state index contributed by atoms with van der Waals surface area (Å²) < 4.78 is 41.6. The van der Waals surface area contributed by atoms with Crippen molar-refractivity contribution in [3.05, 3.63) is 18.7 Å². The summed E-state index contributed by atoms with van der Waals surface area (Å²) in [6.07, 6.45) is 0.957. The van der Waals surface area contributed by atoms with Crippen LogP contribution in [0.5, 0.6) is 0 Å². The van der Waals surface area contributed by atoms with Gasteiger partial charge in [0.25, 0.3) is 0 Å². The lowest BCUT2D eigenvalue weighted by atomic mass is 10.3. The van der Waals surface area contributed by atoms with Gasteiger partial charge in [-0.15, -0.1) is 0 Å². The summed E-state index contributed by atoms with van der Waals surface area (Å²) in [5.41, 5.74) is 0. The molecule has 0 saturated heterocycles. The number of rotatable bonds is 7. The van der Waals surface area contributed by atoms with Crippen LogP contribution in [0.15, 0.2) is 18.7 Å². The molecule has 4 nitrogen and oxygen atoms in total. The Morgan fingerprint density at radius 1 is 1.47 bits per heavy atom. The maximum absolute atomic E-state index is 11.7. The van der Waals surface area contributed by atoms with Gasteiger partial charge in [-0.3, -0.25) is 0 Å². The summed E-state index contributed by atoms with van der Waals surface area (Å²) in [7, 11) is 0. The molecule has 1 N–H and O–H groups in total. The van der Waals surface area contributed by atoms with Crippen molar-refractivity contribution in [3.63, 3.8) is 0 Å². The standard InChI is InChI=1S/C10H16F3N3O/c1-9(6-16-4-2-14-8-16)15-3-5-17-7-10(11,12)13/h2,4,8-9,15H,3,5-7H2,1H3. The largest absolute Gasteiger partial charge is 0.411 e. The highest BCUT2D eigenvalue weighted by Gasteiger charge is 2.27. The number of alkyl halides is 3. The zero-order valence-corrected chi connectivity index (χ0v) is 9.57. The van der Waals surface area contributed by atoms with E-state index in [2.05, 4.69) is 15.0 Å². The van der Waals surface area contributed by atoms with Crippen molar-refractivity contribution in [1.82, 2.24) is 14.9 Å². The zero-order valence-electron chi connectivity index (χ0n) is 9.57. The molecule has 1 rings (SSSR count). The van der Waals surface area contributed by atoms with Crippen LogP contribution < -0.4 is 5.32 Å². The molecule has 0 aromatic carbocycles. The minimum atomic E-state index is -4.25. The molecule has 0 aliphatic carbocycles. The van der Waals surface area contributed by atoms with E-state index in [-0.39, 0.29) is 12.6 Å². The molecule has 0 bridgehead atoms. The molecule has 0 radical (unpaired) electrons. The fraction of sp³-hybridized carbons (Fsp3) is 0.700. The monoisotopic (exact) mass is 251 g/mol. The van der Waals surface area contributed by atoms with E-state index in [0.29, 0.717) is 6.54 Å². The maximum atomic E-state index is 11.7. The van der Waals surface area contributed by atoms with Crippen LogP contribution in [0.3, 0.4) is 0 Å². The van der Waals surface area contributed by atoms with Crippen molar-refractivity contribution in [3.8, 4) is 0 Å². The average molecular weight is 251 g/mol. The molecule has 1 aromatic rings. The van der Waals surface area contributed by atoms with E-state index in [1.54, 1.807) is 12.5 Å². The SMILES string of the molecule is CC(Cn1ccnc1)NCCOCC(F)(F)F. The second kappa shape index (κ2) is 6.61. The summed E-state index contributed by atoms with van der Waals surface area (Å²) in [5.74, 6) is 0. The predicted molar refractivity (Wildman–Crippen MR) is 56.6 cm³/mol. The van der Waals surface area contributed by atoms with Gasteiger partial charge in [0, 0.05) is 31.5 Å². The summed E-state index contributed by atoms with van der Waals surface area (Å²) in [4.78, 5) is 3.90. The van der Waals surface area contributed by atoms with Crippen molar-refractivity contribution in [1.29, 1.82) is 0 Å². The third-order valence-corrected chi connectivity index (χ3v) is 2.05. The summed E-state index contributed by atoms with van der Waals surface area (Å²) in [6.45, 7) is 1.92. The fourth-order valence-corrected chi connectivity index (χ4v) is 1.34. The van der Waals surface area contributed by atoms with E-state index in [1.807, 2.05) is 17.7 Å². The minimum Gasteiger partial charge on any atom is -0.371 e. The number of hydrogen-bond donors (Lipinski definition) is 1. The highest BCUT2D eigenvalue weighted by atomic mass is 19.4. The third kappa shape index (κ3) is 6.96. The van der Waals surface area contributed by atoms with Crippen LogP contribution in [0.1, 0.15) is 6.92 Å². The van der Waals surface area contributed by atoms with E-state index >= 15 is 0 Å². The Kier molecular flexibility index (Phi) is 5.43. The highest BCUT2D eigenvalue weighted by Crippen LogP contribution is 2.13. The molecule has 0 aliphatic heterocycles. The topological polar surface area (TPSA) is 39.1 Å². The number of ether oxygens (including phenoxy) is 1. The Labute approximate surface area is 97.8 Å². The predicted octanol–water partition coefficient (Wildman–Crippen LogP) is 1.44. The van der Waals surface area contributed by atoms with Gasteiger partial charge in [0.15, 0.2) is 0 Å². The van der Waals surface area contributed by atoms with Crippen molar-refractivity contribution in [2.75, 3.05) is 19.8 Å². The first-order valence-corrected chi connectivity index (χ1v) is 5.31. The van der Waals surface area contributed by atoms with Gasteiger partial charge in [-0.1, -0.05) is 0 Å². The first kappa shape index (κ1) is 14.0. The molecule has 0 spiro atoms. The van der Waals surface area contributed by atoms with Crippen LogP contribution in [0.25, 0.3) is 0 Å². The molecule has 1 heterocycles. The Hall–Kier alpha value is -1.08. The van der Waals surface area contributed by atoms with Crippen LogP contribution >= 0.6 is 0 Å². The van der Waals surface area contributed by atoms with Gasteiger partial charge >= 0.3 is 6.18 Å². The van der Waals surface area contributed by atoms with Crippen molar-refractivity contribution in [2.24, 2.45) is 0 Å². The second-order valence-electron chi connectivity index (χ2n) is 3.78. The first-order valence-electron chi connectivity index (χ1n) is 5.31. The minimum absolute atomic E-state index is 0.0494. The lowest BCUT2D eigenvalue weighted by molar-refractivity contribution is -0.173. The van der Waals surface area contributed by atoms with Crippen LogP contribution in [0, 0.1) is 0 Å². The Morgan fingerprint density at radius 3 is 2.82 bits per heavy atom. The number of nitrogens with one attached hydrogen (secondary N) is 1. The van der Waals surface area contributed by atoms with E-state index in [9.17, 15) is 13.2 Å². The Morgan fingerprint density at radius 2 is 2.24 bits per heavy atom. The Balaban J connectivity index is 2.03. The van der Waals surface area contributed by atoms with Crippen molar-refractivity contribution < 1.29 is 17.9 Å². The zero-order chi connectivity index (χ0) is 12.7. The maximum Gasteiger partial charge on any atom is 0.411 e. The van der Waals surface area contributed by atoms with Gasteiger partial charge in [0.05, 0.1) is 12.9 Å². The molecule has 0 aliphatic rings. The normalized spacial score (nSPS) is 13.9. The third-order valence-electron chi connectivity index (χ3n) is 2.05. The Bertz CT molecular complexity index is 300. The van der Waals surface area contributed by atoms with Gasteiger partial charge in [-0.2, -0.15) is 13.2 Å². The van der Waals surface area contributed by atoms with Gasteiger partial charge < -0.3 is 14.6 Å². The molecule has 7 heteroatoms. The van der Waals surface area contributed by atoms with Gasteiger partial charge in [0.2, 0.25) is 0 Å². The average Bonchev–Trinajstić information content (AvgIpc) is 2.68. The highest BCUT2D eigenvalue weighted by molar-refractivity contribution is 4.76. The lowest BCUT2D eigenvalue weighted by Gasteiger charge is -2.14. The van der Waals surface area contributed by atoms with E-state index in [0.717, 1.165) is 6.54 Å². The summed E-state index contributed by atoms with van der Waals surface area (Å²) in [6, 6.07) is 0.152. The number of imidazole rings is 1. The molecule has 0 fully saturated rings. The molecule has 0 saturated carbocycles. The second-order valence-corrected chi connectivity index (χ2v) is 3.78. The van der Waals surface area contributed by atoms with Crippen molar-refractivity contribution >= 4 is 0 Å². The summed E-state index contributed by atoms with van der Waals surface area (Å²) in [5, 5.41) is 3.07. The molecule has 98 valence electrons. The number of hydrogen-bond acceptors (Lipinski definition) is 3. The van der Waals surface area contributed by atoms with Gasteiger partial charge in [0.1, 0.15) is 6.61 Å². The molecule has 1 atom stereocenters. The quantitative estimate of drug-likeness (QED) is 0.745. The van der Waals surface area contributed by atoms with Crippen LogP contribution in [-0.4, -0.2) is 41.5 Å². The number of nitrogens with zero attached hydrogens (tertiary/aromatic N) is 2. The molecule has 1 unspecified atom stereocenters. The molecular formula is C10H16F3N3O. The van der Waals surface area contributed by atoms with Crippen LogP contribution in [0.2, 0.25) is 0 Å². The van der Waals surface area contributed by atoms with Crippen LogP contribution in [-0.2, 0) is 11.3 Å². The van der Waals surface area contributed by atoms with E-state index < -0.39 is 12.8 Å². The first-order chi connectivity index (χ1) is 7.97. The van der Waals surface area contributed by atoms with Gasteiger partial charge in [-0.05, 0) is 6.92 Å². The van der Waals surface area contributed by atoms with E-state index in [1.165, 1.54) is 0 Å². The molecule has 17 heavy (non-hydrogen) atoms. The van der Waals surface area contributed by atoms with E-state index in [4.69, 9.17) is 0 Å². The number of aromatic nitrogens is 2. The van der Waals surface area contributed by atoms with Crippen molar-refractivity contribution in [2.45, 2.75) is 25.7 Å². The lowest BCUT2D eigenvalue weighted by Crippen LogP contribution is -2.33. The molecular weight excluding hydrogens is 235 g/mol. The molecule has 1 aromatic heterocycles. The smallest absolute Gasteiger partial charge is 0.371 e. The fourth-order valence-electron chi connectivity index (χ4n) is 1.34. The molecule has 0 amide bonds. The van der Waals surface area contributed by atoms with Gasteiger partial charge in [-0.25, -0.2) is 4.98 Å². The number of halogens is 3. The summed E-state index contributed by atoms with van der Waals surface area (Å²) >= 11 is 0.